The van der Waals surface area contributed by atoms with Crippen LogP contribution >= 0.6 is 0 Å². The third kappa shape index (κ3) is 3.38. The lowest BCUT2D eigenvalue weighted by Gasteiger charge is -2.21. The van der Waals surface area contributed by atoms with Gasteiger partial charge in [-0.25, -0.2) is 0 Å². The van der Waals surface area contributed by atoms with Crippen LogP contribution in [-0.4, -0.2) is 36.9 Å². The van der Waals surface area contributed by atoms with E-state index in [4.69, 9.17) is 5.73 Å². The van der Waals surface area contributed by atoms with Crippen LogP contribution < -0.4 is 10.6 Å². The lowest BCUT2D eigenvalue weighted by molar-refractivity contribution is 0.0822. The van der Waals surface area contributed by atoms with Gasteiger partial charge in [-0.1, -0.05) is 12.1 Å². The van der Waals surface area contributed by atoms with Crippen molar-refractivity contribution in [3.05, 3.63) is 53.9 Å². The monoisotopic (exact) mass is 284 g/mol. The molecule has 0 saturated heterocycles. The van der Waals surface area contributed by atoms with Crippen LogP contribution in [0.4, 0.5) is 11.4 Å². The fourth-order valence-electron chi connectivity index (χ4n) is 2.02. The molecule has 1 aromatic heterocycles. The number of hydrogen-bond donors (Lipinski definition) is 1. The van der Waals surface area contributed by atoms with Crippen molar-refractivity contribution in [3.63, 3.8) is 0 Å². The van der Waals surface area contributed by atoms with Crippen molar-refractivity contribution in [2.75, 3.05) is 26.0 Å². The van der Waals surface area contributed by atoms with Crippen LogP contribution in [-0.2, 0) is 6.54 Å². The van der Waals surface area contributed by atoms with E-state index >= 15 is 0 Å². The van der Waals surface area contributed by atoms with Gasteiger partial charge >= 0.3 is 0 Å². The first kappa shape index (κ1) is 15.0. The minimum Gasteiger partial charge on any atom is -0.345 e. The summed E-state index contributed by atoms with van der Waals surface area (Å²) in [7, 11) is 5.38. The highest BCUT2D eigenvalue weighted by molar-refractivity contribution is 5.93. The molecule has 0 aliphatic carbocycles. The Morgan fingerprint density at radius 1 is 1.14 bits per heavy atom. The van der Waals surface area contributed by atoms with E-state index in [2.05, 4.69) is 4.98 Å². The number of pyridine rings is 1. The summed E-state index contributed by atoms with van der Waals surface area (Å²) in [6.45, 7) is 0.502. The number of amides is 1. The summed E-state index contributed by atoms with van der Waals surface area (Å²) in [5.74, 6) is -0.110. The Bertz CT molecular complexity index is 640. The number of anilines is 2. The predicted molar refractivity (Wildman–Crippen MR) is 84.7 cm³/mol. The van der Waals surface area contributed by atoms with Crippen LogP contribution in [0.1, 0.15) is 16.1 Å². The van der Waals surface area contributed by atoms with Gasteiger partial charge in [0.05, 0.1) is 0 Å². The normalized spacial score (nSPS) is 10.3. The first-order valence-corrected chi connectivity index (χ1v) is 6.73. The van der Waals surface area contributed by atoms with Gasteiger partial charge in [0.15, 0.2) is 0 Å². The van der Waals surface area contributed by atoms with Gasteiger partial charge < -0.3 is 15.5 Å². The molecule has 0 spiro atoms. The molecule has 0 radical (unpaired) electrons. The second-order valence-electron chi connectivity index (χ2n) is 5.03. The highest BCUT2D eigenvalue weighted by Crippen LogP contribution is 2.24. The van der Waals surface area contributed by atoms with Gasteiger partial charge in [-0.05, 0) is 29.8 Å². The molecule has 110 valence electrons. The van der Waals surface area contributed by atoms with Gasteiger partial charge in [0.1, 0.15) is 5.69 Å². The molecule has 0 unspecified atom stereocenters. The Kier molecular flexibility index (Phi) is 4.55. The maximum atomic E-state index is 12.0. The van der Waals surface area contributed by atoms with E-state index in [1.54, 1.807) is 26.4 Å². The minimum atomic E-state index is -0.110. The van der Waals surface area contributed by atoms with Crippen molar-refractivity contribution in [1.82, 2.24) is 9.88 Å². The maximum absolute atomic E-state index is 12.0. The van der Waals surface area contributed by atoms with Gasteiger partial charge in [-0.3, -0.25) is 9.78 Å². The number of rotatable bonds is 4. The Balaban J connectivity index is 2.32. The van der Waals surface area contributed by atoms with Crippen LogP contribution in [0.3, 0.4) is 0 Å². The highest BCUT2D eigenvalue weighted by atomic mass is 16.2. The van der Waals surface area contributed by atoms with Gasteiger partial charge in [0.25, 0.3) is 5.91 Å². The lowest BCUT2D eigenvalue weighted by Crippen LogP contribution is -2.23. The summed E-state index contributed by atoms with van der Waals surface area (Å²) < 4.78 is 0. The first-order chi connectivity index (χ1) is 10.0. The molecule has 0 bridgehead atoms. The standard InChI is InChI=1S/C16H20N4O/c1-19(2)16(21)15-10-14(7-8-18-15)20(3)13-6-4-5-12(9-13)11-17/h4-10H,11,17H2,1-3H3. The number of benzene rings is 1. The predicted octanol–water partition coefficient (Wildman–Crippen LogP) is 2.01. The van der Waals surface area contributed by atoms with Crippen molar-refractivity contribution in [2.24, 2.45) is 5.73 Å². The molecule has 0 atom stereocenters. The summed E-state index contributed by atoms with van der Waals surface area (Å²) >= 11 is 0. The molecule has 1 heterocycles. The van der Waals surface area contributed by atoms with Crippen molar-refractivity contribution in [1.29, 1.82) is 0 Å². The number of nitrogens with zero attached hydrogens (tertiary/aromatic N) is 3. The third-order valence-electron chi connectivity index (χ3n) is 3.29. The Morgan fingerprint density at radius 2 is 1.86 bits per heavy atom. The molecule has 0 saturated carbocycles. The molecular weight excluding hydrogens is 264 g/mol. The number of carbonyl (C=O) groups excluding carboxylic acids is 1. The van der Waals surface area contributed by atoms with E-state index in [9.17, 15) is 4.79 Å². The van der Waals surface area contributed by atoms with Crippen molar-refractivity contribution in [2.45, 2.75) is 6.54 Å². The zero-order valence-electron chi connectivity index (χ0n) is 12.6. The average Bonchev–Trinajstić information content (AvgIpc) is 2.53. The Hall–Kier alpha value is -2.40. The molecule has 0 aliphatic rings. The van der Waals surface area contributed by atoms with Crippen LogP contribution in [0.25, 0.3) is 0 Å². The molecule has 0 aliphatic heterocycles. The maximum Gasteiger partial charge on any atom is 0.272 e. The largest absolute Gasteiger partial charge is 0.345 e. The van der Waals surface area contributed by atoms with Gasteiger partial charge in [-0.2, -0.15) is 0 Å². The molecule has 2 aromatic rings. The van der Waals surface area contributed by atoms with E-state index in [-0.39, 0.29) is 5.91 Å². The number of nitrogens with two attached hydrogens (primary N) is 1. The minimum absolute atomic E-state index is 0.110. The first-order valence-electron chi connectivity index (χ1n) is 6.73. The number of carbonyl (C=O) groups is 1. The van der Waals surface area contributed by atoms with Crippen LogP contribution in [0.2, 0.25) is 0 Å². The van der Waals surface area contributed by atoms with E-state index in [1.807, 2.05) is 42.3 Å². The smallest absolute Gasteiger partial charge is 0.272 e. The molecular formula is C16H20N4O. The quantitative estimate of drug-likeness (QED) is 0.933. The van der Waals surface area contributed by atoms with Gasteiger partial charge in [-0.15, -0.1) is 0 Å². The van der Waals surface area contributed by atoms with E-state index < -0.39 is 0 Å². The second-order valence-corrected chi connectivity index (χ2v) is 5.03. The topological polar surface area (TPSA) is 62.5 Å². The summed E-state index contributed by atoms with van der Waals surface area (Å²) in [4.78, 5) is 19.6. The fourth-order valence-corrected chi connectivity index (χ4v) is 2.02. The van der Waals surface area contributed by atoms with Gasteiger partial charge in [0, 0.05) is 45.3 Å². The Labute approximate surface area is 125 Å². The van der Waals surface area contributed by atoms with Crippen LogP contribution in [0, 0.1) is 0 Å². The molecule has 1 aromatic carbocycles. The van der Waals surface area contributed by atoms with Crippen molar-refractivity contribution in [3.8, 4) is 0 Å². The summed E-state index contributed by atoms with van der Waals surface area (Å²) in [6.07, 6.45) is 1.65. The third-order valence-corrected chi connectivity index (χ3v) is 3.29. The zero-order valence-corrected chi connectivity index (χ0v) is 12.6. The zero-order chi connectivity index (χ0) is 15.4. The molecule has 5 nitrogen and oxygen atoms in total. The van der Waals surface area contributed by atoms with E-state index in [0.29, 0.717) is 12.2 Å². The van der Waals surface area contributed by atoms with Crippen LogP contribution in [0.15, 0.2) is 42.6 Å². The van der Waals surface area contributed by atoms with Crippen LogP contribution in [0.5, 0.6) is 0 Å². The molecule has 2 N–H and O–H groups in total. The molecule has 0 fully saturated rings. The van der Waals surface area contributed by atoms with E-state index in [0.717, 1.165) is 16.9 Å². The molecule has 5 heteroatoms. The van der Waals surface area contributed by atoms with Crippen molar-refractivity contribution >= 4 is 17.3 Å². The number of hydrogen-bond acceptors (Lipinski definition) is 4. The lowest BCUT2D eigenvalue weighted by atomic mass is 10.2. The summed E-state index contributed by atoms with van der Waals surface area (Å²) in [6, 6.07) is 11.7. The highest BCUT2D eigenvalue weighted by Gasteiger charge is 2.12. The van der Waals surface area contributed by atoms with E-state index in [1.165, 1.54) is 4.90 Å². The molecule has 2 rings (SSSR count). The molecule has 21 heavy (non-hydrogen) atoms. The van der Waals surface area contributed by atoms with Gasteiger partial charge in [0.2, 0.25) is 0 Å². The Morgan fingerprint density at radius 3 is 2.52 bits per heavy atom. The van der Waals surface area contributed by atoms with Crippen molar-refractivity contribution < 1.29 is 4.79 Å². The number of aromatic nitrogens is 1. The summed E-state index contributed by atoms with van der Waals surface area (Å²) in [5, 5.41) is 0. The average molecular weight is 284 g/mol. The second kappa shape index (κ2) is 6.37. The fraction of sp³-hybridized carbons (Fsp3) is 0.250. The molecule has 1 amide bonds. The SMILES string of the molecule is CN(C)C(=O)c1cc(N(C)c2cccc(CN)c2)ccn1. The summed E-state index contributed by atoms with van der Waals surface area (Å²) in [5.41, 5.74) is 9.10.